The lowest BCUT2D eigenvalue weighted by atomic mass is 9.93. The van der Waals surface area contributed by atoms with Crippen LogP contribution in [0.3, 0.4) is 0 Å². The van der Waals surface area contributed by atoms with Crippen LogP contribution in [0.25, 0.3) is 0 Å². The van der Waals surface area contributed by atoms with Gasteiger partial charge in [0.1, 0.15) is 17.2 Å². The molecular formula is C30H44N6O4. The van der Waals surface area contributed by atoms with Gasteiger partial charge in [0.2, 0.25) is 5.91 Å². The third kappa shape index (κ3) is 8.30. The Bertz CT molecular complexity index is 1160. The second kappa shape index (κ2) is 13.3. The van der Waals surface area contributed by atoms with Gasteiger partial charge in [0.15, 0.2) is 0 Å². The van der Waals surface area contributed by atoms with Gasteiger partial charge in [0.05, 0.1) is 19.6 Å². The maximum absolute atomic E-state index is 12.8. The molecule has 0 spiro atoms. The average Bonchev–Trinajstić information content (AvgIpc) is 3.21. The van der Waals surface area contributed by atoms with Crippen molar-refractivity contribution in [1.82, 2.24) is 20.2 Å². The van der Waals surface area contributed by atoms with Gasteiger partial charge in [-0.05, 0) is 76.6 Å². The first-order valence-electron chi connectivity index (χ1n) is 14.5. The molecule has 0 aliphatic carbocycles. The highest BCUT2D eigenvalue weighted by molar-refractivity contribution is 6.01. The molecule has 10 heteroatoms. The number of anilines is 2. The lowest BCUT2D eigenvalue weighted by Crippen LogP contribution is -2.36. The van der Waals surface area contributed by atoms with Crippen LogP contribution in [0.1, 0.15) is 76.5 Å². The highest BCUT2D eigenvalue weighted by Gasteiger charge is 2.32. The Morgan fingerprint density at radius 2 is 1.77 bits per heavy atom. The molecule has 2 aliphatic rings. The van der Waals surface area contributed by atoms with Gasteiger partial charge in [-0.3, -0.25) is 14.6 Å². The minimum Gasteiger partial charge on any atom is -0.463 e. The summed E-state index contributed by atoms with van der Waals surface area (Å²) in [6.45, 7) is 12.3. The summed E-state index contributed by atoms with van der Waals surface area (Å²) in [5, 5.41) is 2.87. The minimum atomic E-state index is -0.471. The molecule has 4 rings (SSSR count). The van der Waals surface area contributed by atoms with Crippen LogP contribution >= 0.6 is 0 Å². The Morgan fingerprint density at radius 3 is 2.42 bits per heavy atom. The van der Waals surface area contributed by atoms with Crippen molar-refractivity contribution in [2.45, 2.75) is 84.9 Å². The highest BCUT2D eigenvalue weighted by atomic mass is 16.6. The standard InChI is InChI=1S/C30H44N6O4/c1-5-6-17-39-28-33-26(31)24-18-25(37)36(27(24)34-28)20-23-9-7-22(8-10-23)19-35-15-12-21(13-16-35)11-14-32-29(38)40-30(2,3)4/h7-10,21H,5-6,11-20H2,1-4H3,(H,32,38)(H2,31,33,34). The molecule has 2 amide bonds. The molecule has 40 heavy (non-hydrogen) atoms. The molecule has 0 radical (unpaired) electrons. The predicted molar refractivity (Wildman–Crippen MR) is 155 cm³/mol. The maximum atomic E-state index is 12.8. The fourth-order valence-electron chi connectivity index (χ4n) is 5.08. The van der Waals surface area contributed by atoms with Crippen molar-refractivity contribution in [2.24, 2.45) is 5.92 Å². The number of likely N-dealkylation sites (tertiary alicyclic amines) is 1. The van der Waals surface area contributed by atoms with Crippen LogP contribution in [0.5, 0.6) is 6.01 Å². The number of aromatic nitrogens is 2. The Labute approximate surface area is 237 Å². The lowest BCUT2D eigenvalue weighted by molar-refractivity contribution is -0.117. The van der Waals surface area contributed by atoms with Crippen molar-refractivity contribution in [3.63, 3.8) is 0 Å². The molecule has 1 fully saturated rings. The number of fused-ring (bicyclic) bond motifs is 1. The smallest absolute Gasteiger partial charge is 0.407 e. The van der Waals surface area contributed by atoms with Crippen LogP contribution in [-0.4, -0.2) is 58.7 Å². The molecule has 2 aromatic rings. The molecule has 10 nitrogen and oxygen atoms in total. The van der Waals surface area contributed by atoms with Gasteiger partial charge in [-0.2, -0.15) is 9.97 Å². The molecule has 0 atom stereocenters. The third-order valence-corrected chi connectivity index (χ3v) is 7.31. The molecule has 3 N–H and O–H groups in total. The Balaban J connectivity index is 1.24. The van der Waals surface area contributed by atoms with E-state index in [9.17, 15) is 9.59 Å². The summed E-state index contributed by atoms with van der Waals surface area (Å²) in [5.41, 5.74) is 8.62. The SMILES string of the molecule is CCCCOc1nc(N)c2c(n1)N(Cc1ccc(CN3CCC(CCNC(=O)OC(C)(C)C)CC3)cc1)C(=O)C2. The Morgan fingerprint density at radius 1 is 1.10 bits per heavy atom. The number of benzene rings is 1. The van der Waals surface area contributed by atoms with Crippen LogP contribution in [-0.2, 0) is 29.0 Å². The molecular weight excluding hydrogens is 508 g/mol. The number of ether oxygens (including phenoxy) is 2. The second-order valence-corrected chi connectivity index (χ2v) is 11.8. The van der Waals surface area contributed by atoms with Gasteiger partial charge in [0.25, 0.3) is 0 Å². The van der Waals surface area contributed by atoms with Gasteiger partial charge < -0.3 is 20.5 Å². The van der Waals surface area contributed by atoms with Crippen molar-refractivity contribution < 1.29 is 19.1 Å². The number of unbranched alkanes of at least 4 members (excludes halogenated alkanes) is 1. The van der Waals surface area contributed by atoms with Crippen molar-refractivity contribution in [3.05, 3.63) is 41.0 Å². The number of hydrogen-bond acceptors (Lipinski definition) is 8. The molecule has 2 aliphatic heterocycles. The van der Waals surface area contributed by atoms with Gasteiger partial charge in [-0.15, -0.1) is 0 Å². The predicted octanol–water partition coefficient (Wildman–Crippen LogP) is 4.45. The van der Waals surface area contributed by atoms with E-state index in [0.29, 0.717) is 42.8 Å². The zero-order valence-corrected chi connectivity index (χ0v) is 24.4. The summed E-state index contributed by atoms with van der Waals surface area (Å²) in [6, 6.07) is 8.67. The molecule has 0 saturated carbocycles. The number of nitrogens with one attached hydrogen (secondary N) is 1. The van der Waals surface area contributed by atoms with Crippen molar-refractivity contribution in [2.75, 3.05) is 36.9 Å². The first-order valence-corrected chi connectivity index (χ1v) is 14.5. The number of piperidine rings is 1. The number of carbonyl (C=O) groups excluding carboxylic acids is 2. The first kappa shape index (κ1) is 29.6. The summed E-state index contributed by atoms with van der Waals surface area (Å²) in [5.74, 6) is 1.45. The van der Waals surface area contributed by atoms with E-state index in [4.69, 9.17) is 15.2 Å². The number of nitrogens with zero attached hydrogens (tertiary/aromatic N) is 4. The van der Waals surface area contributed by atoms with Crippen molar-refractivity contribution in [1.29, 1.82) is 0 Å². The van der Waals surface area contributed by atoms with Gasteiger partial charge in [-0.1, -0.05) is 37.6 Å². The number of nitrogen functional groups attached to an aromatic ring is 1. The summed E-state index contributed by atoms with van der Waals surface area (Å²) in [7, 11) is 0. The summed E-state index contributed by atoms with van der Waals surface area (Å²) < 4.78 is 11.0. The molecule has 1 aromatic heterocycles. The average molecular weight is 553 g/mol. The first-order chi connectivity index (χ1) is 19.1. The van der Waals surface area contributed by atoms with E-state index < -0.39 is 5.60 Å². The van der Waals surface area contributed by atoms with E-state index >= 15 is 0 Å². The van der Waals surface area contributed by atoms with Crippen LogP contribution in [0.4, 0.5) is 16.4 Å². The lowest BCUT2D eigenvalue weighted by Gasteiger charge is -2.32. The van der Waals surface area contributed by atoms with E-state index in [0.717, 1.165) is 57.3 Å². The zero-order chi connectivity index (χ0) is 28.7. The van der Waals surface area contributed by atoms with Crippen LogP contribution in [0, 0.1) is 5.92 Å². The highest BCUT2D eigenvalue weighted by Crippen LogP contribution is 2.33. The number of carbonyl (C=O) groups is 2. The maximum Gasteiger partial charge on any atom is 0.407 e. The van der Waals surface area contributed by atoms with Gasteiger partial charge in [-0.25, -0.2) is 4.79 Å². The summed E-state index contributed by atoms with van der Waals surface area (Å²) in [4.78, 5) is 37.5. The summed E-state index contributed by atoms with van der Waals surface area (Å²) in [6.07, 6.45) is 5.00. The normalized spacial score (nSPS) is 16.2. The largest absolute Gasteiger partial charge is 0.463 e. The second-order valence-electron chi connectivity index (χ2n) is 11.8. The van der Waals surface area contributed by atoms with E-state index in [-0.39, 0.29) is 24.4 Å². The topological polar surface area (TPSA) is 123 Å². The van der Waals surface area contributed by atoms with E-state index in [1.165, 1.54) is 5.56 Å². The van der Waals surface area contributed by atoms with Gasteiger partial charge in [0, 0.05) is 18.7 Å². The molecule has 218 valence electrons. The van der Waals surface area contributed by atoms with Crippen molar-refractivity contribution >= 4 is 23.6 Å². The Hall–Kier alpha value is -3.40. The molecule has 3 heterocycles. The molecule has 1 saturated heterocycles. The Kier molecular flexibility index (Phi) is 9.84. The third-order valence-electron chi connectivity index (χ3n) is 7.31. The van der Waals surface area contributed by atoms with Crippen LogP contribution in [0.15, 0.2) is 24.3 Å². The molecule has 0 unspecified atom stereocenters. The summed E-state index contributed by atoms with van der Waals surface area (Å²) >= 11 is 0. The van der Waals surface area contributed by atoms with Crippen LogP contribution in [0.2, 0.25) is 0 Å². The number of amides is 2. The quantitative estimate of drug-likeness (QED) is 0.392. The number of rotatable bonds is 11. The number of alkyl carbamates (subject to hydrolysis) is 1. The monoisotopic (exact) mass is 552 g/mol. The molecule has 0 bridgehead atoms. The zero-order valence-electron chi connectivity index (χ0n) is 24.4. The molecule has 1 aromatic carbocycles. The van der Waals surface area contributed by atoms with E-state index in [2.05, 4.69) is 51.4 Å². The van der Waals surface area contributed by atoms with Gasteiger partial charge >= 0.3 is 12.1 Å². The fourth-order valence-corrected chi connectivity index (χ4v) is 5.08. The minimum absolute atomic E-state index is 0.0325. The van der Waals surface area contributed by atoms with E-state index in [1.807, 2.05) is 20.8 Å². The van der Waals surface area contributed by atoms with Crippen LogP contribution < -0.4 is 20.7 Å². The number of nitrogens with two attached hydrogens (primary N) is 1. The fraction of sp³-hybridized carbons (Fsp3) is 0.600. The number of hydrogen-bond donors (Lipinski definition) is 2. The van der Waals surface area contributed by atoms with Crippen molar-refractivity contribution in [3.8, 4) is 6.01 Å². The van der Waals surface area contributed by atoms with E-state index in [1.54, 1.807) is 4.90 Å².